The maximum atomic E-state index is 11.7. The molecule has 0 spiro atoms. The van der Waals surface area contributed by atoms with Crippen LogP contribution in [0, 0.1) is 28.6 Å². The van der Waals surface area contributed by atoms with Gasteiger partial charge in [-0.1, -0.05) is 6.92 Å². The van der Waals surface area contributed by atoms with E-state index >= 15 is 0 Å². The first kappa shape index (κ1) is 18.2. The Morgan fingerprint density at radius 3 is 2.42 bits per heavy atom. The molecule has 1 N–H and O–H groups in total. The minimum absolute atomic E-state index is 0.0518. The number of aliphatic carboxylic acids is 1. The summed E-state index contributed by atoms with van der Waals surface area (Å²) in [4.78, 5) is 11.7. The molecular formula is C21H36O3. The van der Waals surface area contributed by atoms with Gasteiger partial charge in [0.15, 0.2) is 0 Å². The lowest BCUT2D eigenvalue weighted by atomic mass is 9.47. The molecule has 138 valence electrons. The molecule has 0 bridgehead atoms. The van der Waals surface area contributed by atoms with Crippen LogP contribution in [0.15, 0.2) is 0 Å². The molecule has 3 nitrogen and oxygen atoms in total. The van der Waals surface area contributed by atoms with Crippen LogP contribution in [-0.2, 0) is 9.53 Å². The first-order valence-electron chi connectivity index (χ1n) is 9.95. The quantitative estimate of drug-likeness (QED) is 0.746. The Hall–Kier alpha value is -0.570. The number of hydrogen-bond donors (Lipinski definition) is 1. The zero-order valence-corrected chi connectivity index (χ0v) is 16.2. The van der Waals surface area contributed by atoms with Crippen LogP contribution in [0.4, 0.5) is 0 Å². The SMILES string of the molecule is CC(C)(C)O[C@@H]1CC[C@]2(C)C3CC[C@](C)(C(=O)O)CC3CC[C@H]2C1. The number of carboxylic acid groups (broad SMARTS) is 1. The highest BCUT2D eigenvalue weighted by Crippen LogP contribution is 2.61. The second kappa shape index (κ2) is 6.00. The molecule has 0 aromatic carbocycles. The number of carboxylic acids is 1. The predicted molar refractivity (Wildman–Crippen MR) is 95.9 cm³/mol. The summed E-state index contributed by atoms with van der Waals surface area (Å²) in [6.07, 6.45) is 9.36. The molecule has 0 aromatic rings. The zero-order valence-electron chi connectivity index (χ0n) is 16.2. The van der Waals surface area contributed by atoms with Gasteiger partial charge in [0.05, 0.1) is 17.1 Å². The number of carbonyl (C=O) groups is 1. The van der Waals surface area contributed by atoms with Gasteiger partial charge in [0.1, 0.15) is 0 Å². The third kappa shape index (κ3) is 3.25. The second-order valence-corrected chi connectivity index (χ2v) is 10.4. The lowest BCUT2D eigenvalue weighted by Gasteiger charge is -2.58. The predicted octanol–water partition coefficient (Wildman–Crippen LogP) is 5.28. The first-order valence-corrected chi connectivity index (χ1v) is 9.95. The minimum atomic E-state index is -0.587. The van der Waals surface area contributed by atoms with Gasteiger partial charge in [-0.25, -0.2) is 0 Å². The van der Waals surface area contributed by atoms with E-state index < -0.39 is 11.4 Å². The Morgan fingerprint density at radius 2 is 1.79 bits per heavy atom. The standard InChI is InChI=1S/C21H36O3/c1-19(2,3)24-16-8-11-21(5)15(12-16)7-6-14-13-20(4,18(22)23)10-9-17(14)21/h14-17H,6-13H2,1-5H3,(H,22,23)/t14?,15-,16+,17?,20-,21-/m0/s1. The summed E-state index contributed by atoms with van der Waals surface area (Å²) < 4.78 is 6.30. The van der Waals surface area contributed by atoms with Gasteiger partial charge in [0, 0.05) is 0 Å². The zero-order chi connectivity index (χ0) is 17.8. The molecule has 3 aliphatic rings. The van der Waals surface area contributed by atoms with E-state index in [1.807, 2.05) is 6.92 Å². The average molecular weight is 337 g/mol. The van der Waals surface area contributed by atoms with Gasteiger partial charge in [-0.3, -0.25) is 4.79 Å². The molecule has 0 amide bonds. The molecule has 3 fully saturated rings. The summed E-state index contributed by atoms with van der Waals surface area (Å²) >= 11 is 0. The Kier molecular flexibility index (Phi) is 4.56. The molecule has 0 saturated heterocycles. The molecular weight excluding hydrogens is 300 g/mol. The average Bonchev–Trinajstić information content (AvgIpc) is 2.46. The van der Waals surface area contributed by atoms with Crippen molar-refractivity contribution < 1.29 is 14.6 Å². The summed E-state index contributed by atoms with van der Waals surface area (Å²) in [6, 6.07) is 0. The Labute approximate surface area is 147 Å². The van der Waals surface area contributed by atoms with Crippen molar-refractivity contribution in [2.45, 2.75) is 97.7 Å². The summed E-state index contributed by atoms with van der Waals surface area (Å²) in [5.74, 6) is 1.50. The van der Waals surface area contributed by atoms with Crippen molar-refractivity contribution in [3.8, 4) is 0 Å². The third-order valence-corrected chi connectivity index (χ3v) is 7.54. The van der Waals surface area contributed by atoms with Crippen molar-refractivity contribution in [2.75, 3.05) is 0 Å². The van der Waals surface area contributed by atoms with Crippen LogP contribution in [0.3, 0.4) is 0 Å². The maximum absolute atomic E-state index is 11.7. The van der Waals surface area contributed by atoms with Crippen molar-refractivity contribution in [3.05, 3.63) is 0 Å². The lowest BCUT2D eigenvalue weighted by Crippen LogP contribution is -2.52. The van der Waals surface area contributed by atoms with E-state index in [9.17, 15) is 9.90 Å². The smallest absolute Gasteiger partial charge is 0.309 e. The van der Waals surface area contributed by atoms with E-state index in [0.29, 0.717) is 17.4 Å². The van der Waals surface area contributed by atoms with E-state index in [1.165, 1.54) is 32.1 Å². The van der Waals surface area contributed by atoms with Gasteiger partial charge in [-0.2, -0.15) is 0 Å². The van der Waals surface area contributed by atoms with Crippen molar-refractivity contribution in [1.82, 2.24) is 0 Å². The van der Waals surface area contributed by atoms with Crippen LogP contribution in [0.5, 0.6) is 0 Å². The van der Waals surface area contributed by atoms with E-state index in [1.54, 1.807) is 0 Å². The van der Waals surface area contributed by atoms with Gasteiger partial charge < -0.3 is 9.84 Å². The summed E-state index contributed by atoms with van der Waals surface area (Å²) in [6.45, 7) is 10.9. The van der Waals surface area contributed by atoms with E-state index in [-0.39, 0.29) is 5.60 Å². The number of hydrogen-bond acceptors (Lipinski definition) is 2. The molecule has 2 unspecified atom stereocenters. The van der Waals surface area contributed by atoms with E-state index in [0.717, 1.165) is 31.1 Å². The lowest BCUT2D eigenvalue weighted by molar-refractivity contribution is -0.162. The molecule has 6 atom stereocenters. The Morgan fingerprint density at radius 1 is 1.08 bits per heavy atom. The molecule has 3 heteroatoms. The van der Waals surface area contributed by atoms with Crippen LogP contribution in [0.2, 0.25) is 0 Å². The van der Waals surface area contributed by atoms with Crippen LogP contribution >= 0.6 is 0 Å². The number of rotatable bonds is 2. The Bertz CT molecular complexity index is 494. The van der Waals surface area contributed by atoms with E-state index in [2.05, 4.69) is 27.7 Å². The summed E-state index contributed by atoms with van der Waals surface area (Å²) in [5, 5.41) is 9.61. The van der Waals surface area contributed by atoms with Crippen molar-refractivity contribution >= 4 is 5.97 Å². The largest absolute Gasteiger partial charge is 0.481 e. The molecule has 0 radical (unpaired) electrons. The van der Waals surface area contributed by atoms with Gasteiger partial charge in [-0.15, -0.1) is 0 Å². The fourth-order valence-corrected chi connectivity index (χ4v) is 6.24. The monoisotopic (exact) mass is 336 g/mol. The van der Waals surface area contributed by atoms with Crippen molar-refractivity contribution in [1.29, 1.82) is 0 Å². The van der Waals surface area contributed by atoms with Crippen LogP contribution in [0.25, 0.3) is 0 Å². The highest BCUT2D eigenvalue weighted by Gasteiger charge is 2.55. The fourth-order valence-electron chi connectivity index (χ4n) is 6.24. The fraction of sp³-hybridized carbons (Fsp3) is 0.952. The topological polar surface area (TPSA) is 46.5 Å². The third-order valence-electron chi connectivity index (χ3n) is 7.54. The summed E-state index contributed by atoms with van der Waals surface area (Å²) in [5.41, 5.74) is -0.138. The Balaban J connectivity index is 1.71. The van der Waals surface area contributed by atoms with E-state index in [4.69, 9.17) is 4.74 Å². The normalized spacial score (nSPS) is 46.0. The van der Waals surface area contributed by atoms with Crippen molar-refractivity contribution in [3.63, 3.8) is 0 Å². The van der Waals surface area contributed by atoms with Crippen LogP contribution < -0.4 is 0 Å². The van der Waals surface area contributed by atoms with Gasteiger partial charge in [0.2, 0.25) is 0 Å². The molecule has 24 heavy (non-hydrogen) atoms. The van der Waals surface area contributed by atoms with Crippen molar-refractivity contribution in [2.24, 2.45) is 28.6 Å². The van der Waals surface area contributed by atoms with Gasteiger partial charge in [-0.05, 0) is 102 Å². The number of fused-ring (bicyclic) bond motifs is 3. The minimum Gasteiger partial charge on any atom is -0.481 e. The molecule has 0 aromatic heterocycles. The molecule has 3 saturated carbocycles. The molecule has 0 aliphatic heterocycles. The second-order valence-electron chi connectivity index (χ2n) is 10.4. The van der Waals surface area contributed by atoms with Gasteiger partial charge >= 0.3 is 5.97 Å². The highest BCUT2D eigenvalue weighted by atomic mass is 16.5. The maximum Gasteiger partial charge on any atom is 0.309 e. The molecule has 3 rings (SSSR count). The first-order chi connectivity index (χ1) is 11.0. The highest BCUT2D eigenvalue weighted by molar-refractivity contribution is 5.74. The molecule has 3 aliphatic carbocycles. The molecule has 0 heterocycles. The summed E-state index contributed by atoms with van der Waals surface area (Å²) in [7, 11) is 0. The number of ether oxygens (including phenoxy) is 1. The van der Waals surface area contributed by atoms with Gasteiger partial charge in [0.25, 0.3) is 0 Å². The van der Waals surface area contributed by atoms with Crippen LogP contribution in [0.1, 0.15) is 86.0 Å². The van der Waals surface area contributed by atoms with Crippen LogP contribution in [-0.4, -0.2) is 22.8 Å².